The van der Waals surface area contributed by atoms with Crippen LogP contribution in [0.3, 0.4) is 0 Å². The SMILES string of the molecule is COc1ccc2c(c1)CC(CN1C(=O)N3CCCCC3CS1(=O)=O)O2. The Morgan fingerprint density at radius 2 is 2.16 bits per heavy atom. The minimum atomic E-state index is -3.59. The molecule has 2 fully saturated rings. The maximum absolute atomic E-state index is 12.7. The summed E-state index contributed by atoms with van der Waals surface area (Å²) < 4.78 is 37.3. The Kier molecular flexibility index (Phi) is 4.02. The minimum Gasteiger partial charge on any atom is -0.497 e. The van der Waals surface area contributed by atoms with Crippen molar-refractivity contribution in [3.05, 3.63) is 23.8 Å². The van der Waals surface area contributed by atoms with Crippen LogP contribution in [-0.2, 0) is 16.4 Å². The summed E-state index contributed by atoms with van der Waals surface area (Å²) in [6.45, 7) is 0.694. The molecule has 0 aromatic heterocycles. The molecule has 3 heterocycles. The fraction of sp³-hybridized carbons (Fsp3) is 0.588. The average molecular weight is 366 g/mol. The molecule has 25 heavy (non-hydrogen) atoms. The van der Waals surface area contributed by atoms with Gasteiger partial charge in [-0.3, -0.25) is 0 Å². The topological polar surface area (TPSA) is 76.2 Å². The van der Waals surface area contributed by atoms with Crippen molar-refractivity contribution in [2.24, 2.45) is 0 Å². The minimum absolute atomic E-state index is 0.0201. The van der Waals surface area contributed by atoms with E-state index in [1.807, 2.05) is 18.2 Å². The number of hydrogen-bond donors (Lipinski definition) is 0. The third-order valence-corrected chi connectivity index (χ3v) is 6.99. The van der Waals surface area contributed by atoms with E-state index in [4.69, 9.17) is 9.47 Å². The van der Waals surface area contributed by atoms with Gasteiger partial charge in [-0.25, -0.2) is 17.5 Å². The number of carbonyl (C=O) groups excluding carboxylic acids is 1. The predicted molar refractivity (Wildman–Crippen MR) is 91.3 cm³/mol. The largest absolute Gasteiger partial charge is 0.497 e. The predicted octanol–water partition coefficient (Wildman–Crippen LogP) is 1.62. The van der Waals surface area contributed by atoms with Crippen LogP contribution < -0.4 is 9.47 Å². The number of carbonyl (C=O) groups is 1. The van der Waals surface area contributed by atoms with Crippen LogP contribution in [0.25, 0.3) is 0 Å². The summed E-state index contributed by atoms with van der Waals surface area (Å²) in [6.07, 6.45) is 2.88. The Balaban J connectivity index is 1.51. The van der Waals surface area contributed by atoms with E-state index in [0.717, 1.165) is 40.6 Å². The number of piperidine rings is 1. The number of urea groups is 1. The van der Waals surface area contributed by atoms with Crippen molar-refractivity contribution >= 4 is 16.1 Å². The fourth-order valence-electron chi connectivity index (χ4n) is 3.92. The van der Waals surface area contributed by atoms with Gasteiger partial charge < -0.3 is 14.4 Å². The van der Waals surface area contributed by atoms with Gasteiger partial charge in [-0.05, 0) is 37.5 Å². The van der Waals surface area contributed by atoms with Gasteiger partial charge in [-0.2, -0.15) is 0 Å². The van der Waals surface area contributed by atoms with Crippen LogP contribution in [-0.4, -0.2) is 61.8 Å². The van der Waals surface area contributed by atoms with E-state index in [2.05, 4.69) is 0 Å². The van der Waals surface area contributed by atoms with Crippen LogP contribution in [0.15, 0.2) is 18.2 Å². The number of ether oxygens (including phenoxy) is 2. The number of hydrogen-bond acceptors (Lipinski definition) is 5. The number of fused-ring (bicyclic) bond motifs is 2. The second-order valence-electron chi connectivity index (χ2n) is 6.85. The van der Waals surface area contributed by atoms with Crippen molar-refractivity contribution in [2.45, 2.75) is 37.8 Å². The Hall–Kier alpha value is -1.96. The van der Waals surface area contributed by atoms with E-state index in [1.54, 1.807) is 12.0 Å². The van der Waals surface area contributed by atoms with Gasteiger partial charge in [0.05, 0.1) is 19.4 Å². The molecular formula is C17H22N2O5S. The summed E-state index contributed by atoms with van der Waals surface area (Å²) >= 11 is 0. The summed E-state index contributed by atoms with van der Waals surface area (Å²) in [6, 6.07) is 4.95. The maximum Gasteiger partial charge on any atom is 0.334 e. The molecule has 0 N–H and O–H groups in total. The second-order valence-corrected chi connectivity index (χ2v) is 8.79. The van der Waals surface area contributed by atoms with E-state index in [9.17, 15) is 13.2 Å². The monoisotopic (exact) mass is 366 g/mol. The van der Waals surface area contributed by atoms with E-state index in [0.29, 0.717) is 13.0 Å². The molecule has 136 valence electrons. The number of sulfonamides is 1. The number of methoxy groups -OCH3 is 1. The normalized spacial score (nSPS) is 27.5. The molecule has 0 spiro atoms. The number of amides is 2. The lowest BCUT2D eigenvalue weighted by molar-refractivity contribution is 0.118. The van der Waals surface area contributed by atoms with E-state index in [-0.39, 0.29) is 24.4 Å². The second kappa shape index (κ2) is 6.09. The van der Waals surface area contributed by atoms with Crippen LogP contribution in [0.2, 0.25) is 0 Å². The first-order valence-electron chi connectivity index (χ1n) is 8.62. The third kappa shape index (κ3) is 2.92. The van der Waals surface area contributed by atoms with Gasteiger partial charge in [0, 0.05) is 24.6 Å². The van der Waals surface area contributed by atoms with Crippen molar-refractivity contribution in [2.75, 3.05) is 26.0 Å². The Morgan fingerprint density at radius 3 is 2.96 bits per heavy atom. The summed E-state index contributed by atoms with van der Waals surface area (Å²) in [5.74, 6) is 1.48. The molecule has 3 aliphatic rings. The molecular weight excluding hydrogens is 344 g/mol. The molecule has 2 atom stereocenters. The fourth-order valence-corrected chi connectivity index (χ4v) is 5.67. The van der Waals surface area contributed by atoms with Gasteiger partial charge in [0.25, 0.3) is 0 Å². The first kappa shape index (κ1) is 16.5. The van der Waals surface area contributed by atoms with Crippen molar-refractivity contribution in [3.8, 4) is 11.5 Å². The first-order chi connectivity index (χ1) is 12.0. The molecule has 8 heteroatoms. The zero-order valence-corrected chi connectivity index (χ0v) is 15.0. The van der Waals surface area contributed by atoms with Crippen molar-refractivity contribution < 1.29 is 22.7 Å². The summed E-state index contributed by atoms with van der Waals surface area (Å²) in [5, 5.41) is 0. The molecule has 4 rings (SSSR count). The van der Waals surface area contributed by atoms with Gasteiger partial charge in [0.1, 0.15) is 17.6 Å². The Labute approximate surface area is 147 Å². The van der Waals surface area contributed by atoms with Crippen molar-refractivity contribution in [1.29, 1.82) is 0 Å². The summed E-state index contributed by atoms with van der Waals surface area (Å²) in [5.41, 5.74) is 0.974. The lowest BCUT2D eigenvalue weighted by Crippen LogP contribution is -2.61. The quantitative estimate of drug-likeness (QED) is 0.812. The Bertz CT molecular complexity index is 794. The van der Waals surface area contributed by atoms with Crippen LogP contribution in [0.4, 0.5) is 4.79 Å². The summed E-state index contributed by atoms with van der Waals surface area (Å²) in [7, 11) is -1.99. The zero-order valence-electron chi connectivity index (χ0n) is 14.2. The molecule has 3 aliphatic heterocycles. The number of benzene rings is 1. The summed E-state index contributed by atoms with van der Waals surface area (Å²) in [4.78, 5) is 14.5. The maximum atomic E-state index is 12.7. The molecule has 0 radical (unpaired) electrons. The molecule has 0 aliphatic carbocycles. The van der Waals surface area contributed by atoms with Gasteiger partial charge in [-0.15, -0.1) is 0 Å². The number of rotatable bonds is 3. The lowest BCUT2D eigenvalue weighted by atomic mass is 10.0. The molecule has 0 saturated carbocycles. The van der Waals surface area contributed by atoms with Crippen LogP contribution in [0.1, 0.15) is 24.8 Å². The molecule has 2 saturated heterocycles. The van der Waals surface area contributed by atoms with Gasteiger partial charge in [0.15, 0.2) is 0 Å². The highest BCUT2D eigenvalue weighted by atomic mass is 32.2. The van der Waals surface area contributed by atoms with Gasteiger partial charge >= 0.3 is 6.03 Å². The molecule has 2 amide bonds. The molecule has 2 unspecified atom stereocenters. The lowest BCUT2D eigenvalue weighted by Gasteiger charge is -2.43. The highest BCUT2D eigenvalue weighted by Crippen LogP contribution is 2.34. The smallest absolute Gasteiger partial charge is 0.334 e. The van der Waals surface area contributed by atoms with Gasteiger partial charge in [-0.1, -0.05) is 0 Å². The van der Waals surface area contributed by atoms with Crippen molar-refractivity contribution in [3.63, 3.8) is 0 Å². The first-order valence-corrected chi connectivity index (χ1v) is 10.2. The standard InChI is InChI=1S/C17H22N2O5S/c1-23-14-5-6-16-12(8-14)9-15(24-16)10-19-17(20)18-7-3-2-4-13(18)11-25(19,21)22/h5-6,8,13,15H,2-4,7,9-11H2,1H3. The Morgan fingerprint density at radius 1 is 1.32 bits per heavy atom. The molecule has 1 aromatic rings. The average Bonchev–Trinajstić information content (AvgIpc) is 2.99. The van der Waals surface area contributed by atoms with Crippen molar-refractivity contribution in [1.82, 2.24) is 9.21 Å². The van der Waals surface area contributed by atoms with Crippen LogP contribution >= 0.6 is 0 Å². The van der Waals surface area contributed by atoms with E-state index >= 15 is 0 Å². The molecule has 7 nitrogen and oxygen atoms in total. The zero-order chi connectivity index (χ0) is 17.6. The molecule has 1 aromatic carbocycles. The number of nitrogens with zero attached hydrogens (tertiary/aromatic N) is 2. The van der Waals surface area contributed by atoms with Crippen LogP contribution in [0, 0.1) is 0 Å². The van der Waals surface area contributed by atoms with Crippen LogP contribution in [0.5, 0.6) is 11.5 Å². The highest BCUT2D eigenvalue weighted by Gasteiger charge is 2.45. The highest BCUT2D eigenvalue weighted by molar-refractivity contribution is 7.89. The molecule has 0 bridgehead atoms. The van der Waals surface area contributed by atoms with E-state index in [1.165, 1.54) is 0 Å². The third-order valence-electron chi connectivity index (χ3n) is 5.20. The van der Waals surface area contributed by atoms with E-state index < -0.39 is 16.1 Å². The van der Waals surface area contributed by atoms with Gasteiger partial charge in [0.2, 0.25) is 10.0 Å².